The molecule has 0 unspecified atom stereocenters. The number of ether oxygens (including phenoxy) is 1. The molecule has 3 amide bonds. The van der Waals surface area contributed by atoms with Gasteiger partial charge in [0.15, 0.2) is 6.61 Å². The molecular formula is C21H21N3O4. The third-order valence-electron chi connectivity index (χ3n) is 3.56. The van der Waals surface area contributed by atoms with Crippen molar-refractivity contribution < 1.29 is 19.1 Å². The Morgan fingerprint density at radius 3 is 2.25 bits per heavy atom. The SMILES string of the molecule is CC(C)(C)NC(=O)NC(=O)COC(=O)c1ccccc1-c1ccccc1C#N. The average molecular weight is 379 g/mol. The molecule has 0 aliphatic carbocycles. The van der Waals surface area contributed by atoms with Crippen LogP contribution in [-0.2, 0) is 9.53 Å². The van der Waals surface area contributed by atoms with Crippen molar-refractivity contribution in [1.29, 1.82) is 5.26 Å². The summed E-state index contributed by atoms with van der Waals surface area (Å²) in [6.07, 6.45) is 0. The molecule has 0 heterocycles. The summed E-state index contributed by atoms with van der Waals surface area (Å²) in [7, 11) is 0. The largest absolute Gasteiger partial charge is 0.452 e. The van der Waals surface area contributed by atoms with Crippen LogP contribution < -0.4 is 10.6 Å². The number of nitrogens with zero attached hydrogens (tertiary/aromatic N) is 1. The molecule has 0 atom stereocenters. The molecule has 0 fully saturated rings. The molecule has 0 radical (unpaired) electrons. The van der Waals surface area contributed by atoms with Gasteiger partial charge >= 0.3 is 12.0 Å². The Morgan fingerprint density at radius 1 is 1.00 bits per heavy atom. The number of rotatable bonds is 4. The lowest BCUT2D eigenvalue weighted by molar-refractivity contribution is -0.123. The van der Waals surface area contributed by atoms with Gasteiger partial charge in [0, 0.05) is 11.1 Å². The van der Waals surface area contributed by atoms with Gasteiger partial charge in [-0.3, -0.25) is 10.1 Å². The highest BCUT2D eigenvalue weighted by Gasteiger charge is 2.19. The lowest BCUT2D eigenvalue weighted by Gasteiger charge is -2.20. The molecule has 0 aromatic heterocycles. The van der Waals surface area contributed by atoms with Crippen LogP contribution in [0, 0.1) is 11.3 Å². The quantitative estimate of drug-likeness (QED) is 0.794. The van der Waals surface area contributed by atoms with Gasteiger partial charge in [-0.1, -0.05) is 36.4 Å². The molecule has 2 aromatic carbocycles. The molecule has 2 aromatic rings. The molecule has 0 aliphatic heterocycles. The van der Waals surface area contributed by atoms with Gasteiger partial charge in [0.05, 0.1) is 17.2 Å². The van der Waals surface area contributed by atoms with Crippen LogP contribution in [0.2, 0.25) is 0 Å². The highest BCUT2D eigenvalue weighted by atomic mass is 16.5. The first-order chi connectivity index (χ1) is 13.2. The van der Waals surface area contributed by atoms with Crippen molar-refractivity contribution in [2.45, 2.75) is 26.3 Å². The van der Waals surface area contributed by atoms with Crippen molar-refractivity contribution in [3.05, 3.63) is 59.7 Å². The number of esters is 1. The van der Waals surface area contributed by atoms with E-state index in [1.54, 1.807) is 69.3 Å². The van der Waals surface area contributed by atoms with Gasteiger partial charge in [0.25, 0.3) is 5.91 Å². The lowest BCUT2D eigenvalue weighted by atomic mass is 9.96. The van der Waals surface area contributed by atoms with Crippen molar-refractivity contribution in [2.24, 2.45) is 0 Å². The zero-order chi connectivity index (χ0) is 20.7. The summed E-state index contributed by atoms with van der Waals surface area (Å²) in [5.74, 6) is -1.47. The topological polar surface area (TPSA) is 108 Å². The maximum absolute atomic E-state index is 12.5. The van der Waals surface area contributed by atoms with E-state index in [1.807, 2.05) is 0 Å². The number of carbonyl (C=O) groups is 3. The van der Waals surface area contributed by atoms with Crippen molar-refractivity contribution in [3.8, 4) is 17.2 Å². The van der Waals surface area contributed by atoms with E-state index in [0.717, 1.165) is 0 Å². The van der Waals surface area contributed by atoms with E-state index in [2.05, 4.69) is 16.7 Å². The third kappa shape index (κ3) is 5.68. The molecule has 2 rings (SSSR count). The minimum Gasteiger partial charge on any atom is -0.452 e. The lowest BCUT2D eigenvalue weighted by Crippen LogP contribution is -2.49. The Bertz CT molecular complexity index is 939. The molecule has 28 heavy (non-hydrogen) atoms. The fraction of sp³-hybridized carbons (Fsp3) is 0.238. The van der Waals surface area contributed by atoms with E-state index in [-0.39, 0.29) is 5.56 Å². The maximum Gasteiger partial charge on any atom is 0.339 e. The van der Waals surface area contributed by atoms with Gasteiger partial charge in [0.1, 0.15) is 0 Å². The minimum absolute atomic E-state index is 0.220. The highest BCUT2D eigenvalue weighted by molar-refractivity contribution is 6.00. The Kier molecular flexibility index (Phi) is 6.51. The number of carbonyl (C=O) groups excluding carboxylic acids is 3. The van der Waals surface area contributed by atoms with Gasteiger partial charge in [0.2, 0.25) is 0 Å². The van der Waals surface area contributed by atoms with Gasteiger partial charge < -0.3 is 10.1 Å². The molecule has 2 N–H and O–H groups in total. The molecule has 0 saturated heterocycles. The van der Waals surface area contributed by atoms with E-state index >= 15 is 0 Å². The first-order valence-electron chi connectivity index (χ1n) is 8.59. The maximum atomic E-state index is 12.5. The number of imide groups is 1. The Hall–Kier alpha value is -3.66. The van der Waals surface area contributed by atoms with Crippen LogP contribution in [0.15, 0.2) is 48.5 Å². The van der Waals surface area contributed by atoms with Gasteiger partial charge in [-0.05, 0) is 38.5 Å². The number of urea groups is 1. The molecule has 144 valence electrons. The van der Waals surface area contributed by atoms with E-state index in [9.17, 15) is 19.6 Å². The monoisotopic (exact) mass is 379 g/mol. The number of hydrogen-bond acceptors (Lipinski definition) is 5. The van der Waals surface area contributed by atoms with Crippen LogP contribution in [0.5, 0.6) is 0 Å². The number of hydrogen-bond donors (Lipinski definition) is 2. The van der Waals surface area contributed by atoms with Crippen molar-refractivity contribution in [3.63, 3.8) is 0 Å². The zero-order valence-electron chi connectivity index (χ0n) is 15.9. The average Bonchev–Trinajstić information content (AvgIpc) is 2.64. The normalized spacial score (nSPS) is 10.5. The van der Waals surface area contributed by atoms with E-state index < -0.39 is 30.1 Å². The summed E-state index contributed by atoms with van der Waals surface area (Å²) in [5.41, 5.74) is 1.24. The number of nitrogens with one attached hydrogen (secondary N) is 2. The summed E-state index contributed by atoms with van der Waals surface area (Å²) < 4.78 is 5.04. The summed E-state index contributed by atoms with van der Waals surface area (Å²) in [6.45, 7) is 4.71. The molecule has 7 heteroatoms. The predicted octanol–water partition coefficient (Wildman–Crippen LogP) is 3.01. The third-order valence-corrected chi connectivity index (χ3v) is 3.56. The minimum atomic E-state index is -0.745. The smallest absolute Gasteiger partial charge is 0.339 e. The second-order valence-corrected chi connectivity index (χ2v) is 7.03. The summed E-state index contributed by atoms with van der Waals surface area (Å²) in [6, 6.07) is 14.9. The summed E-state index contributed by atoms with van der Waals surface area (Å²) in [5, 5.41) is 14.0. The van der Waals surface area contributed by atoms with Crippen molar-refractivity contribution in [2.75, 3.05) is 6.61 Å². The summed E-state index contributed by atoms with van der Waals surface area (Å²) in [4.78, 5) is 36.0. The van der Waals surface area contributed by atoms with Crippen molar-refractivity contribution in [1.82, 2.24) is 10.6 Å². The van der Waals surface area contributed by atoms with Crippen LogP contribution >= 0.6 is 0 Å². The van der Waals surface area contributed by atoms with Crippen LogP contribution in [0.3, 0.4) is 0 Å². The Morgan fingerprint density at radius 2 is 1.61 bits per heavy atom. The summed E-state index contributed by atoms with van der Waals surface area (Å²) >= 11 is 0. The van der Waals surface area contributed by atoms with Gasteiger partial charge in [-0.15, -0.1) is 0 Å². The first-order valence-corrected chi connectivity index (χ1v) is 8.59. The molecule has 0 saturated carbocycles. The first kappa shape index (κ1) is 20.6. The second kappa shape index (κ2) is 8.82. The fourth-order valence-corrected chi connectivity index (χ4v) is 2.45. The zero-order valence-corrected chi connectivity index (χ0v) is 15.9. The van der Waals surface area contributed by atoms with Gasteiger partial charge in [-0.2, -0.15) is 5.26 Å². The second-order valence-electron chi connectivity index (χ2n) is 7.03. The van der Waals surface area contributed by atoms with Crippen LogP contribution in [0.25, 0.3) is 11.1 Å². The van der Waals surface area contributed by atoms with Crippen molar-refractivity contribution >= 4 is 17.9 Å². The molecular weight excluding hydrogens is 358 g/mol. The van der Waals surface area contributed by atoms with E-state index in [1.165, 1.54) is 0 Å². The van der Waals surface area contributed by atoms with Crippen LogP contribution in [0.1, 0.15) is 36.7 Å². The Labute approximate surface area is 163 Å². The molecule has 0 aliphatic rings. The molecule has 0 bridgehead atoms. The standard InChI is InChI=1S/C21H21N3O4/c1-21(2,3)24-20(27)23-18(25)13-28-19(26)17-11-7-6-10-16(17)15-9-5-4-8-14(15)12-22/h4-11H,13H2,1-3H3,(H2,23,24,25,27). The number of amides is 3. The highest BCUT2D eigenvalue weighted by Crippen LogP contribution is 2.27. The van der Waals surface area contributed by atoms with Gasteiger partial charge in [-0.25, -0.2) is 9.59 Å². The molecule has 0 spiro atoms. The van der Waals surface area contributed by atoms with Crippen LogP contribution in [0.4, 0.5) is 4.79 Å². The van der Waals surface area contributed by atoms with E-state index in [0.29, 0.717) is 16.7 Å². The predicted molar refractivity (Wildman–Crippen MR) is 103 cm³/mol. The molecule has 7 nitrogen and oxygen atoms in total. The van der Waals surface area contributed by atoms with Crippen LogP contribution in [-0.4, -0.2) is 30.1 Å². The number of nitriles is 1. The fourth-order valence-electron chi connectivity index (χ4n) is 2.45. The Balaban J connectivity index is 2.09. The van der Waals surface area contributed by atoms with E-state index in [4.69, 9.17) is 4.74 Å². The number of benzene rings is 2.